The number of nitrogens with zero attached hydrogens (tertiary/aromatic N) is 1. The molecule has 0 fully saturated rings. The van der Waals surface area contributed by atoms with Crippen LogP contribution in [0.15, 0.2) is 47.4 Å². The molecule has 7 nitrogen and oxygen atoms in total. The van der Waals surface area contributed by atoms with E-state index in [1.54, 1.807) is 0 Å². The van der Waals surface area contributed by atoms with Crippen molar-refractivity contribution in [3.63, 3.8) is 0 Å². The zero-order chi connectivity index (χ0) is 20.2. The SMILES string of the molecule is COc1ccc(C(=O)OCC(=O)c2ccc(F)cc2)cc1S(=O)(=O)N(C)C. The average molecular weight is 395 g/mol. The number of esters is 1. The maximum atomic E-state index is 12.9. The van der Waals surface area contributed by atoms with Crippen molar-refractivity contribution in [2.45, 2.75) is 4.90 Å². The zero-order valence-electron chi connectivity index (χ0n) is 14.9. The van der Waals surface area contributed by atoms with Gasteiger partial charge in [-0.05, 0) is 42.5 Å². The summed E-state index contributed by atoms with van der Waals surface area (Å²) in [5.41, 5.74) is 0.137. The lowest BCUT2D eigenvalue weighted by molar-refractivity contribution is 0.0474. The standard InChI is InChI=1S/C18H18FNO6S/c1-20(2)27(23,24)17-10-13(6-9-16(17)25-3)18(22)26-11-15(21)12-4-7-14(19)8-5-12/h4-10H,11H2,1-3H3. The second-order valence-electron chi connectivity index (χ2n) is 5.66. The zero-order valence-corrected chi connectivity index (χ0v) is 15.7. The van der Waals surface area contributed by atoms with Crippen LogP contribution in [0.25, 0.3) is 0 Å². The Balaban J connectivity index is 2.19. The molecular weight excluding hydrogens is 377 g/mol. The van der Waals surface area contributed by atoms with Crippen LogP contribution < -0.4 is 4.74 Å². The third kappa shape index (κ3) is 4.69. The van der Waals surface area contributed by atoms with Gasteiger partial charge in [0.1, 0.15) is 16.5 Å². The fourth-order valence-corrected chi connectivity index (χ4v) is 3.21. The van der Waals surface area contributed by atoms with E-state index < -0.39 is 34.2 Å². The molecule has 0 saturated heterocycles. The fraction of sp³-hybridized carbons (Fsp3) is 0.222. The normalized spacial score (nSPS) is 11.3. The number of hydrogen-bond donors (Lipinski definition) is 0. The highest BCUT2D eigenvalue weighted by molar-refractivity contribution is 7.89. The molecular formula is C18H18FNO6S. The molecule has 0 unspecified atom stereocenters. The Bertz CT molecular complexity index is 954. The number of benzene rings is 2. The third-order valence-electron chi connectivity index (χ3n) is 3.66. The monoisotopic (exact) mass is 395 g/mol. The summed E-state index contributed by atoms with van der Waals surface area (Å²) in [6.07, 6.45) is 0. The highest BCUT2D eigenvalue weighted by atomic mass is 32.2. The summed E-state index contributed by atoms with van der Waals surface area (Å²) >= 11 is 0. The Morgan fingerprint density at radius 2 is 1.63 bits per heavy atom. The third-order valence-corrected chi connectivity index (χ3v) is 5.49. The molecule has 0 saturated carbocycles. The predicted molar refractivity (Wildman–Crippen MR) is 94.9 cm³/mol. The van der Waals surface area contributed by atoms with Crippen molar-refractivity contribution in [2.75, 3.05) is 27.8 Å². The van der Waals surface area contributed by atoms with Crippen LogP contribution in [0, 0.1) is 5.82 Å². The number of carbonyl (C=O) groups excluding carboxylic acids is 2. The van der Waals surface area contributed by atoms with Crippen molar-refractivity contribution in [3.8, 4) is 5.75 Å². The van der Waals surface area contributed by atoms with Gasteiger partial charge in [0.25, 0.3) is 0 Å². The molecule has 2 rings (SSSR count). The number of ether oxygens (including phenoxy) is 2. The highest BCUT2D eigenvalue weighted by Gasteiger charge is 2.24. The molecule has 2 aromatic rings. The van der Waals surface area contributed by atoms with Gasteiger partial charge >= 0.3 is 5.97 Å². The van der Waals surface area contributed by atoms with Gasteiger partial charge in [0.15, 0.2) is 12.4 Å². The van der Waals surface area contributed by atoms with Gasteiger partial charge in [-0.3, -0.25) is 4.79 Å². The molecule has 0 amide bonds. The average Bonchev–Trinajstić information content (AvgIpc) is 2.65. The molecule has 0 N–H and O–H groups in total. The smallest absolute Gasteiger partial charge is 0.338 e. The molecule has 0 aliphatic heterocycles. The summed E-state index contributed by atoms with van der Waals surface area (Å²) < 4.78 is 48.6. The number of Topliss-reactive ketones (excluding diaryl/α,β-unsaturated/α-hetero) is 1. The number of ketones is 1. The van der Waals surface area contributed by atoms with E-state index in [4.69, 9.17) is 9.47 Å². The minimum atomic E-state index is -3.86. The number of hydrogen-bond acceptors (Lipinski definition) is 6. The second kappa shape index (κ2) is 8.28. The maximum Gasteiger partial charge on any atom is 0.338 e. The Kier molecular flexibility index (Phi) is 6.29. The first kappa shape index (κ1) is 20.5. The largest absolute Gasteiger partial charge is 0.495 e. The lowest BCUT2D eigenvalue weighted by atomic mass is 10.1. The molecule has 0 radical (unpaired) electrons. The lowest BCUT2D eigenvalue weighted by Crippen LogP contribution is -2.23. The number of rotatable bonds is 7. The van der Waals surface area contributed by atoms with E-state index in [0.29, 0.717) is 0 Å². The van der Waals surface area contributed by atoms with Gasteiger partial charge in [-0.1, -0.05) is 0 Å². The fourth-order valence-electron chi connectivity index (χ4n) is 2.14. The van der Waals surface area contributed by atoms with E-state index in [0.717, 1.165) is 22.5 Å². The quantitative estimate of drug-likeness (QED) is 0.527. The molecule has 0 aromatic heterocycles. The summed E-state index contributed by atoms with van der Waals surface area (Å²) in [4.78, 5) is 24.0. The van der Waals surface area contributed by atoms with Gasteiger partial charge in [-0.25, -0.2) is 21.9 Å². The number of methoxy groups -OCH3 is 1. The molecule has 9 heteroatoms. The van der Waals surface area contributed by atoms with Crippen molar-refractivity contribution in [3.05, 3.63) is 59.4 Å². The van der Waals surface area contributed by atoms with E-state index in [1.165, 1.54) is 45.5 Å². The van der Waals surface area contributed by atoms with E-state index >= 15 is 0 Å². The topological polar surface area (TPSA) is 90.0 Å². The first-order chi connectivity index (χ1) is 12.7. The van der Waals surface area contributed by atoms with Gasteiger partial charge in [0, 0.05) is 19.7 Å². The van der Waals surface area contributed by atoms with Crippen LogP contribution in [-0.2, 0) is 14.8 Å². The Labute approximate surface area is 156 Å². The Morgan fingerprint density at radius 1 is 1.04 bits per heavy atom. The Morgan fingerprint density at radius 3 is 2.19 bits per heavy atom. The van der Waals surface area contributed by atoms with Crippen molar-refractivity contribution in [1.29, 1.82) is 0 Å². The summed E-state index contributed by atoms with van der Waals surface area (Å²) in [6.45, 7) is -0.563. The van der Waals surface area contributed by atoms with Gasteiger partial charge in [0.05, 0.1) is 12.7 Å². The van der Waals surface area contributed by atoms with Crippen molar-refractivity contribution >= 4 is 21.8 Å². The molecule has 0 spiro atoms. The Hall–Kier alpha value is -2.78. The van der Waals surface area contributed by atoms with E-state index in [-0.39, 0.29) is 21.8 Å². The number of sulfonamides is 1. The summed E-state index contributed by atoms with van der Waals surface area (Å²) in [7, 11) is 0.150. The summed E-state index contributed by atoms with van der Waals surface area (Å²) in [5.74, 6) is -1.81. The van der Waals surface area contributed by atoms with Crippen LogP contribution in [0.5, 0.6) is 5.75 Å². The van der Waals surface area contributed by atoms with Crippen LogP contribution in [0.2, 0.25) is 0 Å². The minimum Gasteiger partial charge on any atom is -0.495 e. The predicted octanol–water partition coefficient (Wildman–Crippen LogP) is 2.12. The van der Waals surface area contributed by atoms with Crippen LogP contribution in [0.4, 0.5) is 4.39 Å². The van der Waals surface area contributed by atoms with Gasteiger partial charge in [-0.2, -0.15) is 0 Å². The maximum absolute atomic E-state index is 12.9. The second-order valence-corrected chi connectivity index (χ2v) is 7.78. The molecule has 27 heavy (non-hydrogen) atoms. The van der Waals surface area contributed by atoms with Gasteiger partial charge < -0.3 is 9.47 Å². The minimum absolute atomic E-state index is 0.0527. The molecule has 0 atom stereocenters. The van der Waals surface area contributed by atoms with Gasteiger partial charge in [0.2, 0.25) is 10.0 Å². The van der Waals surface area contributed by atoms with E-state index in [2.05, 4.69) is 0 Å². The molecule has 0 aliphatic rings. The molecule has 0 aliphatic carbocycles. The van der Waals surface area contributed by atoms with Crippen LogP contribution >= 0.6 is 0 Å². The van der Waals surface area contributed by atoms with Crippen LogP contribution in [0.3, 0.4) is 0 Å². The number of carbonyl (C=O) groups is 2. The molecule has 144 valence electrons. The van der Waals surface area contributed by atoms with Crippen molar-refractivity contribution in [2.24, 2.45) is 0 Å². The van der Waals surface area contributed by atoms with Crippen molar-refractivity contribution in [1.82, 2.24) is 4.31 Å². The first-order valence-electron chi connectivity index (χ1n) is 7.73. The summed E-state index contributed by atoms with van der Waals surface area (Å²) in [5, 5.41) is 0. The summed E-state index contributed by atoms with van der Waals surface area (Å²) in [6, 6.07) is 8.58. The van der Waals surface area contributed by atoms with Crippen LogP contribution in [0.1, 0.15) is 20.7 Å². The number of halogens is 1. The molecule has 0 bridgehead atoms. The van der Waals surface area contributed by atoms with Crippen molar-refractivity contribution < 1.29 is 31.9 Å². The van der Waals surface area contributed by atoms with E-state index in [9.17, 15) is 22.4 Å². The lowest BCUT2D eigenvalue weighted by Gasteiger charge is -2.15. The first-order valence-corrected chi connectivity index (χ1v) is 9.17. The van der Waals surface area contributed by atoms with Crippen LogP contribution in [-0.4, -0.2) is 52.3 Å². The molecule has 0 heterocycles. The van der Waals surface area contributed by atoms with E-state index in [1.807, 2.05) is 0 Å². The highest BCUT2D eigenvalue weighted by Crippen LogP contribution is 2.27. The van der Waals surface area contributed by atoms with Gasteiger partial charge in [-0.15, -0.1) is 0 Å². The molecule has 2 aromatic carbocycles.